The molecule has 45 heavy (non-hydrogen) atoms. The van der Waals surface area contributed by atoms with Gasteiger partial charge in [0.2, 0.25) is 0 Å². The molecule has 2 aromatic rings. The summed E-state index contributed by atoms with van der Waals surface area (Å²) in [6.07, 6.45) is 5.62. The van der Waals surface area contributed by atoms with E-state index in [-0.39, 0.29) is 28.5 Å². The number of hydrogen-bond donors (Lipinski definition) is 1. The summed E-state index contributed by atoms with van der Waals surface area (Å²) in [6.45, 7) is 33.9. The predicted molar refractivity (Wildman–Crippen MR) is 202 cm³/mol. The fourth-order valence-electron chi connectivity index (χ4n) is 6.16. The topological polar surface area (TPSA) is 47.9 Å². The van der Waals surface area contributed by atoms with Gasteiger partial charge in [-0.05, 0) is 114 Å². The van der Waals surface area contributed by atoms with Crippen LogP contribution < -0.4 is 4.74 Å². The van der Waals surface area contributed by atoms with E-state index in [0.29, 0.717) is 6.61 Å². The van der Waals surface area contributed by atoms with E-state index in [4.69, 9.17) is 13.6 Å². The molecule has 2 rings (SSSR count). The SMILES string of the molecule is CCC(=CCC(C)(C)C(O)(CC)CC)c1csc(COc2ccc(C(O[SiH](C)C)C(C)(C)C)c(C(O[SiH](C)C)C(C)(C)C)c2)c1. The summed E-state index contributed by atoms with van der Waals surface area (Å²) in [7, 11) is -2.64. The summed E-state index contributed by atoms with van der Waals surface area (Å²) in [5, 5.41) is 13.5. The van der Waals surface area contributed by atoms with E-state index in [9.17, 15) is 5.11 Å². The molecule has 1 aromatic heterocycles. The Kier molecular flexibility index (Phi) is 14.4. The van der Waals surface area contributed by atoms with Crippen molar-refractivity contribution in [2.45, 2.75) is 152 Å². The maximum absolute atomic E-state index is 11.2. The van der Waals surface area contributed by atoms with Crippen LogP contribution in [0.3, 0.4) is 0 Å². The van der Waals surface area contributed by atoms with Gasteiger partial charge >= 0.3 is 0 Å². The zero-order chi connectivity index (χ0) is 34.4. The van der Waals surface area contributed by atoms with Crippen LogP contribution in [0.2, 0.25) is 26.2 Å². The van der Waals surface area contributed by atoms with Crippen LogP contribution >= 0.6 is 11.3 Å². The van der Waals surface area contributed by atoms with E-state index >= 15 is 0 Å². The Labute approximate surface area is 284 Å². The lowest BCUT2D eigenvalue weighted by molar-refractivity contribution is -0.0716. The average Bonchev–Trinajstić information content (AvgIpc) is 3.40. The molecule has 0 radical (unpaired) electrons. The fraction of sp³-hybridized carbons (Fsp3) is 0.684. The normalized spacial score (nSPS) is 15.2. The number of thiophene rings is 1. The van der Waals surface area contributed by atoms with E-state index < -0.39 is 23.7 Å². The first kappa shape index (κ1) is 40.0. The first-order valence-electron chi connectivity index (χ1n) is 17.3. The monoisotopic (exact) mass is 674 g/mol. The largest absolute Gasteiger partial charge is 0.488 e. The van der Waals surface area contributed by atoms with Gasteiger partial charge in [-0.15, -0.1) is 11.3 Å². The predicted octanol–water partition coefficient (Wildman–Crippen LogP) is 11.3. The van der Waals surface area contributed by atoms with Gasteiger partial charge < -0.3 is 18.7 Å². The number of ether oxygens (including phenoxy) is 1. The summed E-state index contributed by atoms with van der Waals surface area (Å²) >= 11 is 1.75. The third kappa shape index (κ3) is 10.9. The number of aliphatic hydroxyl groups is 1. The Morgan fingerprint density at radius 3 is 1.82 bits per heavy atom. The van der Waals surface area contributed by atoms with Crippen LogP contribution in [0.5, 0.6) is 5.75 Å². The molecule has 0 aliphatic heterocycles. The fourth-order valence-corrected chi connectivity index (χ4v) is 9.18. The quantitative estimate of drug-likeness (QED) is 0.180. The maximum Gasteiger partial charge on any atom is 0.171 e. The molecule has 0 spiro atoms. The van der Waals surface area contributed by atoms with E-state index in [1.165, 1.54) is 27.1 Å². The van der Waals surface area contributed by atoms with Gasteiger partial charge in [-0.25, -0.2) is 0 Å². The molecule has 0 bridgehead atoms. The van der Waals surface area contributed by atoms with E-state index in [2.05, 4.69) is 138 Å². The molecule has 0 saturated carbocycles. The Morgan fingerprint density at radius 1 is 0.822 bits per heavy atom. The highest BCUT2D eigenvalue weighted by atomic mass is 32.1. The highest BCUT2D eigenvalue weighted by Crippen LogP contribution is 2.46. The van der Waals surface area contributed by atoms with Crippen molar-refractivity contribution in [2.24, 2.45) is 16.2 Å². The average molecular weight is 675 g/mol. The van der Waals surface area contributed by atoms with Crippen LogP contribution in [0.1, 0.15) is 136 Å². The van der Waals surface area contributed by atoms with Crippen molar-refractivity contribution in [2.75, 3.05) is 0 Å². The lowest BCUT2D eigenvalue weighted by atomic mass is 9.69. The van der Waals surface area contributed by atoms with Crippen molar-refractivity contribution in [3.8, 4) is 5.75 Å². The minimum absolute atomic E-state index is 0.00905. The third-order valence-electron chi connectivity index (χ3n) is 9.09. The van der Waals surface area contributed by atoms with E-state index in [0.717, 1.165) is 31.4 Å². The third-order valence-corrected chi connectivity index (χ3v) is 11.6. The molecule has 0 amide bonds. The summed E-state index contributed by atoms with van der Waals surface area (Å²) in [5.41, 5.74) is 4.03. The minimum atomic E-state index is -1.33. The second kappa shape index (κ2) is 16.3. The van der Waals surface area contributed by atoms with Crippen molar-refractivity contribution in [1.29, 1.82) is 0 Å². The molecule has 1 aromatic carbocycles. The van der Waals surface area contributed by atoms with Crippen LogP contribution in [0.25, 0.3) is 5.57 Å². The van der Waals surface area contributed by atoms with E-state index in [1.807, 2.05) is 0 Å². The molecular formula is C38H66O4SSi2. The second-order valence-corrected chi connectivity index (χ2v) is 21.9. The van der Waals surface area contributed by atoms with Gasteiger partial charge in [0.1, 0.15) is 12.4 Å². The second-order valence-electron chi connectivity index (χ2n) is 16.2. The summed E-state index contributed by atoms with van der Waals surface area (Å²) in [5.74, 6) is 0.868. The summed E-state index contributed by atoms with van der Waals surface area (Å²) in [6, 6.07) is 8.85. The molecule has 0 aliphatic rings. The van der Waals surface area contributed by atoms with Crippen LogP contribution in [-0.2, 0) is 15.5 Å². The lowest BCUT2D eigenvalue weighted by Crippen LogP contribution is -2.43. The van der Waals surface area contributed by atoms with Crippen molar-refractivity contribution in [3.05, 3.63) is 57.3 Å². The van der Waals surface area contributed by atoms with Gasteiger partial charge in [0, 0.05) is 4.88 Å². The van der Waals surface area contributed by atoms with Crippen molar-refractivity contribution >= 4 is 35.0 Å². The Hall–Kier alpha value is -1.23. The van der Waals surface area contributed by atoms with Gasteiger partial charge in [0.05, 0.1) is 17.8 Å². The number of rotatable bonds is 16. The maximum atomic E-state index is 11.2. The highest BCUT2D eigenvalue weighted by molar-refractivity contribution is 7.10. The Bertz CT molecular complexity index is 1230. The zero-order valence-corrected chi connectivity index (χ0v) is 34.5. The van der Waals surface area contributed by atoms with Crippen LogP contribution in [-0.4, -0.2) is 28.8 Å². The standard InChI is InChI=1S/C38H66O4SSi2/c1-16-27(21-22-37(10,11)38(39,17-2)18-3)28-23-30(43-26-28)25-40-29-19-20-31(33(35(4,5)6)41-44(12)13)32(24-29)34(36(7,8)9)42-45(14)15/h19-21,23-24,26,33-34,39,44-45H,16-18,22,25H2,1-15H3. The zero-order valence-electron chi connectivity index (χ0n) is 31.4. The smallest absolute Gasteiger partial charge is 0.171 e. The Balaban J connectivity index is 2.42. The molecule has 2 atom stereocenters. The molecular weight excluding hydrogens is 609 g/mol. The molecule has 4 nitrogen and oxygen atoms in total. The molecule has 2 unspecified atom stereocenters. The van der Waals surface area contributed by atoms with Crippen molar-refractivity contribution in [3.63, 3.8) is 0 Å². The molecule has 0 aliphatic carbocycles. The molecule has 1 N–H and O–H groups in total. The molecule has 0 saturated heterocycles. The Morgan fingerprint density at radius 2 is 1.36 bits per heavy atom. The highest BCUT2D eigenvalue weighted by Gasteiger charge is 2.40. The molecule has 0 fully saturated rings. The lowest BCUT2D eigenvalue weighted by Gasteiger charge is -2.41. The number of allylic oxidation sites excluding steroid dienone is 2. The van der Waals surface area contributed by atoms with Gasteiger partial charge in [0.15, 0.2) is 18.1 Å². The summed E-state index contributed by atoms with van der Waals surface area (Å²) in [4.78, 5) is 1.20. The van der Waals surface area contributed by atoms with E-state index in [1.54, 1.807) is 11.3 Å². The van der Waals surface area contributed by atoms with Crippen LogP contribution in [0.15, 0.2) is 35.7 Å². The van der Waals surface area contributed by atoms with Gasteiger partial charge in [-0.2, -0.15) is 0 Å². The first-order valence-corrected chi connectivity index (χ1v) is 23.7. The first-order chi connectivity index (χ1) is 20.7. The molecule has 256 valence electrons. The van der Waals surface area contributed by atoms with Crippen molar-refractivity contribution < 1.29 is 18.7 Å². The van der Waals surface area contributed by atoms with Gasteiger partial charge in [-0.1, -0.05) is 88.3 Å². The van der Waals surface area contributed by atoms with Crippen LogP contribution in [0.4, 0.5) is 0 Å². The molecule has 1 heterocycles. The van der Waals surface area contributed by atoms with Gasteiger partial charge in [-0.3, -0.25) is 0 Å². The number of benzene rings is 1. The van der Waals surface area contributed by atoms with Gasteiger partial charge in [0.25, 0.3) is 0 Å². The molecule has 7 heteroatoms. The van der Waals surface area contributed by atoms with Crippen molar-refractivity contribution in [1.82, 2.24) is 0 Å². The van der Waals surface area contributed by atoms with Crippen LogP contribution in [0, 0.1) is 16.2 Å². The summed E-state index contributed by atoms with van der Waals surface area (Å²) < 4.78 is 20.0. The minimum Gasteiger partial charge on any atom is -0.488 e. The number of hydrogen-bond acceptors (Lipinski definition) is 5.